The number of hydrogen-bond donors (Lipinski definition) is 2. The Bertz CT molecular complexity index is 763. The van der Waals surface area contributed by atoms with Crippen molar-refractivity contribution in [3.05, 3.63) is 41.7 Å². The Labute approximate surface area is 166 Å². The van der Waals surface area contributed by atoms with Crippen LogP contribution in [0.5, 0.6) is 0 Å². The molecule has 1 aromatic heterocycles. The molecule has 1 aliphatic heterocycles. The summed E-state index contributed by atoms with van der Waals surface area (Å²) in [6.07, 6.45) is 6.72. The molecule has 0 radical (unpaired) electrons. The van der Waals surface area contributed by atoms with Crippen molar-refractivity contribution in [2.45, 2.75) is 64.0 Å². The Morgan fingerprint density at radius 2 is 2.25 bits per heavy atom. The van der Waals surface area contributed by atoms with Gasteiger partial charge in [0.25, 0.3) is 0 Å². The summed E-state index contributed by atoms with van der Waals surface area (Å²) in [6, 6.07) is 5.65. The minimum Gasteiger partial charge on any atom is -0.481 e. The van der Waals surface area contributed by atoms with Crippen molar-refractivity contribution in [3.8, 4) is 11.8 Å². The Morgan fingerprint density at radius 3 is 3.00 bits per heavy atom. The summed E-state index contributed by atoms with van der Waals surface area (Å²) < 4.78 is 0. The van der Waals surface area contributed by atoms with E-state index >= 15 is 0 Å². The van der Waals surface area contributed by atoms with Gasteiger partial charge in [0.15, 0.2) is 0 Å². The summed E-state index contributed by atoms with van der Waals surface area (Å²) in [4.78, 5) is 28.9. The first-order chi connectivity index (χ1) is 13.5. The number of pyridine rings is 1. The largest absolute Gasteiger partial charge is 0.481 e. The van der Waals surface area contributed by atoms with Gasteiger partial charge in [-0.25, -0.2) is 0 Å². The van der Waals surface area contributed by atoms with Crippen molar-refractivity contribution in [2.24, 2.45) is 0 Å². The predicted octanol–water partition coefficient (Wildman–Crippen LogP) is 2.49. The third-order valence-corrected chi connectivity index (χ3v) is 4.60. The van der Waals surface area contributed by atoms with E-state index in [4.69, 9.17) is 5.11 Å². The van der Waals surface area contributed by atoms with Gasteiger partial charge in [-0.15, -0.1) is 5.92 Å². The Kier molecular flexibility index (Phi) is 8.70. The third kappa shape index (κ3) is 7.53. The SMILES string of the molecule is Cc1cccc(CC(O)/C=C/[C@H]2CCCC(=O)N2CC#CCCCC(=O)O)n1. The molecule has 150 valence electrons. The lowest BCUT2D eigenvalue weighted by atomic mass is 10.00. The van der Waals surface area contributed by atoms with Crippen LogP contribution < -0.4 is 0 Å². The summed E-state index contributed by atoms with van der Waals surface area (Å²) in [6.45, 7) is 2.25. The number of piperidine rings is 1. The van der Waals surface area contributed by atoms with Crippen LogP contribution >= 0.6 is 0 Å². The smallest absolute Gasteiger partial charge is 0.303 e. The maximum atomic E-state index is 12.3. The van der Waals surface area contributed by atoms with Gasteiger partial charge in [-0.05, 0) is 38.3 Å². The fraction of sp³-hybridized carbons (Fsp3) is 0.500. The minimum atomic E-state index is -0.822. The van der Waals surface area contributed by atoms with E-state index in [0.29, 0.717) is 32.2 Å². The standard InChI is InChI=1S/C22H28N2O4/c1-17-8-6-9-18(23-17)16-20(25)14-13-19-10-7-11-21(26)24(19)15-5-3-2-4-12-22(27)28/h6,8-9,13-14,19-20,25H,2,4,7,10-12,15-16H2,1H3,(H,27,28)/b14-13+/t19-,20?/m1/s1. The average Bonchev–Trinajstić information content (AvgIpc) is 2.64. The van der Waals surface area contributed by atoms with Crippen molar-refractivity contribution < 1.29 is 19.8 Å². The predicted molar refractivity (Wildman–Crippen MR) is 106 cm³/mol. The second-order valence-electron chi connectivity index (χ2n) is 7.01. The van der Waals surface area contributed by atoms with Gasteiger partial charge >= 0.3 is 5.97 Å². The highest BCUT2D eigenvalue weighted by atomic mass is 16.4. The monoisotopic (exact) mass is 384 g/mol. The molecule has 2 N–H and O–H groups in total. The molecule has 1 fully saturated rings. The molecule has 0 aliphatic carbocycles. The van der Waals surface area contributed by atoms with Crippen molar-refractivity contribution in [1.82, 2.24) is 9.88 Å². The zero-order chi connectivity index (χ0) is 20.4. The second-order valence-corrected chi connectivity index (χ2v) is 7.01. The van der Waals surface area contributed by atoms with Crippen LogP contribution in [0.25, 0.3) is 0 Å². The molecule has 1 amide bonds. The lowest BCUT2D eigenvalue weighted by molar-refractivity contribution is -0.137. The molecule has 2 atom stereocenters. The first-order valence-corrected chi connectivity index (χ1v) is 9.71. The number of aliphatic carboxylic acids is 1. The fourth-order valence-electron chi connectivity index (χ4n) is 3.16. The van der Waals surface area contributed by atoms with Crippen molar-refractivity contribution >= 4 is 11.9 Å². The van der Waals surface area contributed by atoms with E-state index in [1.807, 2.05) is 31.2 Å². The number of unbranched alkanes of at least 4 members (excludes halogenated alkanes) is 1. The van der Waals surface area contributed by atoms with E-state index in [1.165, 1.54) is 0 Å². The van der Waals surface area contributed by atoms with E-state index in [-0.39, 0.29) is 18.4 Å². The number of carboxylic acid groups (broad SMARTS) is 1. The summed E-state index contributed by atoms with van der Waals surface area (Å²) in [5.41, 5.74) is 1.75. The van der Waals surface area contributed by atoms with Gasteiger partial charge < -0.3 is 15.1 Å². The maximum Gasteiger partial charge on any atom is 0.303 e. The van der Waals surface area contributed by atoms with E-state index < -0.39 is 12.1 Å². The maximum absolute atomic E-state index is 12.3. The van der Waals surface area contributed by atoms with Gasteiger partial charge in [0.1, 0.15) is 0 Å². The van der Waals surface area contributed by atoms with Gasteiger partial charge in [-0.3, -0.25) is 14.6 Å². The number of carbonyl (C=O) groups is 2. The first kappa shape index (κ1) is 21.6. The molecular formula is C22H28N2O4. The van der Waals surface area contributed by atoms with Crippen LogP contribution in [0.3, 0.4) is 0 Å². The zero-order valence-electron chi connectivity index (χ0n) is 16.3. The topological polar surface area (TPSA) is 90.7 Å². The van der Waals surface area contributed by atoms with E-state index in [1.54, 1.807) is 11.0 Å². The average molecular weight is 384 g/mol. The quantitative estimate of drug-likeness (QED) is 0.408. The van der Waals surface area contributed by atoms with Crippen LogP contribution in [0.15, 0.2) is 30.4 Å². The number of likely N-dealkylation sites (tertiary alicyclic amines) is 1. The number of carbonyl (C=O) groups excluding carboxylic acids is 1. The number of nitrogens with zero attached hydrogens (tertiary/aromatic N) is 2. The number of rotatable bonds is 8. The molecular weight excluding hydrogens is 356 g/mol. The van der Waals surface area contributed by atoms with Gasteiger partial charge in [0, 0.05) is 37.1 Å². The highest BCUT2D eigenvalue weighted by Gasteiger charge is 2.25. The Balaban J connectivity index is 1.89. The number of carboxylic acids is 1. The lowest BCUT2D eigenvalue weighted by Gasteiger charge is -2.32. The molecule has 2 rings (SSSR count). The molecule has 0 saturated carbocycles. The molecule has 1 aliphatic rings. The van der Waals surface area contributed by atoms with Crippen molar-refractivity contribution in [2.75, 3.05) is 6.54 Å². The Morgan fingerprint density at radius 1 is 1.43 bits per heavy atom. The minimum absolute atomic E-state index is 0.0653. The van der Waals surface area contributed by atoms with Crippen molar-refractivity contribution in [1.29, 1.82) is 0 Å². The second kappa shape index (κ2) is 11.3. The van der Waals surface area contributed by atoms with Gasteiger partial charge in [0.05, 0.1) is 18.7 Å². The molecule has 28 heavy (non-hydrogen) atoms. The molecule has 1 aromatic rings. The number of aromatic nitrogens is 1. The van der Waals surface area contributed by atoms with Crippen LogP contribution in [0.1, 0.15) is 49.9 Å². The molecule has 0 bridgehead atoms. The van der Waals surface area contributed by atoms with E-state index in [2.05, 4.69) is 16.8 Å². The van der Waals surface area contributed by atoms with Gasteiger partial charge in [-0.2, -0.15) is 0 Å². The number of aryl methyl sites for hydroxylation is 1. The van der Waals surface area contributed by atoms with Crippen LogP contribution in [0, 0.1) is 18.8 Å². The van der Waals surface area contributed by atoms with Gasteiger partial charge in [-0.1, -0.05) is 24.1 Å². The van der Waals surface area contributed by atoms with Crippen LogP contribution in [-0.4, -0.2) is 50.7 Å². The number of hydrogen-bond acceptors (Lipinski definition) is 4. The lowest BCUT2D eigenvalue weighted by Crippen LogP contribution is -2.42. The normalized spacial score (nSPS) is 18.0. The molecule has 6 nitrogen and oxygen atoms in total. The fourth-order valence-corrected chi connectivity index (χ4v) is 3.16. The van der Waals surface area contributed by atoms with Crippen LogP contribution in [0.4, 0.5) is 0 Å². The van der Waals surface area contributed by atoms with E-state index in [0.717, 1.165) is 24.2 Å². The number of aliphatic hydroxyl groups excluding tert-OH is 1. The summed E-state index contributed by atoms with van der Waals surface area (Å²) in [5.74, 6) is 5.17. The molecule has 6 heteroatoms. The summed E-state index contributed by atoms with van der Waals surface area (Å²) in [5, 5.41) is 18.9. The van der Waals surface area contributed by atoms with Crippen LogP contribution in [0.2, 0.25) is 0 Å². The summed E-state index contributed by atoms with van der Waals surface area (Å²) in [7, 11) is 0. The number of aliphatic hydroxyl groups is 1. The molecule has 2 heterocycles. The van der Waals surface area contributed by atoms with Gasteiger partial charge in [0.2, 0.25) is 5.91 Å². The first-order valence-electron chi connectivity index (χ1n) is 9.71. The van der Waals surface area contributed by atoms with Crippen molar-refractivity contribution in [3.63, 3.8) is 0 Å². The molecule has 1 unspecified atom stereocenters. The summed E-state index contributed by atoms with van der Waals surface area (Å²) >= 11 is 0. The third-order valence-electron chi connectivity index (χ3n) is 4.60. The highest BCUT2D eigenvalue weighted by Crippen LogP contribution is 2.19. The zero-order valence-corrected chi connectivity index (χ0v) is 16.3. The van der Waals surface area contributed by atoms with Crippen LogP contribution in [-0.2, 0) is 16.0 Å². The Hall–Kier alpha value is -2.65. The molecule has 1 saturated heterocycles. The highest BCUT2D eigenvalue weighted by molar-refractivity contribution is 5.78. The van der Waals surface area contributed by atoms with E-state index in [9.17, 15) is 14.7 Å². The number of amides is 1. The molecule has 0 aromatic carbocycles. The molecule has 0 spiro atoms.